The largest absolute Gasteiger partial charge is 0.443 e. The number of ether oxygens (including phenoxy) is 2. The van der Waals surface area contributed by atoms with Crippen LogP contribution in [0.2, 0.25) is 0 Å². The highest BCUT2D eigenvalue weighted by Crippen LogP contribution is 2.41. The van der Waals surface area contributed by atoms with Crippen LogP contribution >= 0.6 is 0 Å². The molecular weight excluding hydrogens is 694 g/mol. The van der Waals surface area contributed by atoms with E-state index < -0.39 is 44.6 Å². The number of amides is 2. The van der Waals surface area contributed by atoms with Gasteiger partial charge in [0.05, 0.1) is 23.2 Å². The van der Waals surface area contributed by atoms with Crippen molar-refractivity contribution < 1.29 is 36.7 Å². The molecule has 1 aromatic carbocycles. The number of imide groups is 1. The second kappa shape index (κ2) is 13.6. The number of nitrogens with one attached hydrogen (secondary N) is 1. The van der Waals surface area contributed by atoms with Gasteiger partial charge in [-0.15, -0.1) is 0 Å². The SMILES string of the molecule is Cc1c(-c2cc3cc(Nc4cc5n(n4)CS(=O)(=O)CC5)ncc3c(N(C)OC(C)(C)C)c2F)cncc1N(C(=O)OC(C)(C)C)C(=O)OC(C)(C)C. The average Bonchev–Trinajstić information content (AvgIpc) is 3.35. The van der Waals surface area contributed by atoms with Crippen molar-refractivity contribution in [3.05, 3.63) is 53.9 Å². The molecule has 0 fully saturated rings. The van der Waals surface area contributed by atoms with Crippen molar-refractivity contribution in [2.24, 2.45) is 0 Å². The van der Waals surface area contributed by atoms with E-state index in [1.165, 1.54) is 28.3 Å². The number of aryl methyl sites for hydroxylation is 1. The number of carbonyl (C=O) groups is 2. The number of nitrogens with zero attached hydrogens (tertiary/aromatic N) is 6. The zero-order valence-electron chi connectivity index (χ0n) is 31.4. The molecule has 5 rings (SSSR count). The minimum absolute atomic E-state index is 0.0455. The molecule has 52 heavy (non-hydrogen) atoms. The fourth-order valence-corrected chi connectivity index (χ4v) is 6.90. The first-order valence-corrected chi connectivity index (χ1v) is 18.5. The molecule has 2 amide bonds. The minimum Gasteiger partial charge on any atom is -0.443 e. The number of hydrogen-bond donors (Lipinski definition) is 1. The molecule has 0 aliphatic carbocycles. The number of halogens is 1. The van der Waals surface area contributed by atoms with Crippen LogP contribution in [0.3, 0.4) is 0 Å². The van der Waals surface area contributed by atoms with E-state index in [1.807, 2.05) is 20.8 Å². The molecule has 1 N–H and O–H groups in total. The van der Waals surface area contributed by atoms with E-state index in [0.29, 0.717) is 34.4 Å². The summed E-state index contributed by atoms with van der Waals surface area (Å²) in [6, 6.07) is 5.10. The Hall–Kier alpha value is -4.83. The maximum absolute atomic E-state index is 17.0. The van der Waals surface area contributed by atoms with Gasteiger partial charge in [-0.25, -0.2) is 27.4 Å². The quantitative estimate of drug-likeness (QED) is 0.195. The van der Waals surface area contributed by atoms with Gasteiger partial charge in [0.2, 0.25) is 0 Å². The van der Waals surface area contributed by atoms with Gasteiger partial charge in [0, 0.05) is 54.1 Å². The predicted molar refractivity (Wildman–Crippen MR) is 197 cm³/mol. The fourth-order valence-electron chi connectivity index (χ4n) is 5.65. The molecule has 0 bridgehead atoms. The van der Waals surface area contributed by atoms with E-state index in [9.17, 15) is 18.0 Å². The molecule has 1 aliphatic rings. The van der Waals surface area contributed by atoms with Gasteiger partial charge in [0.15, 0.2) is 21.5 Å². The Labute approximate surface area is 303 Å². The Kier molecular flexibility index (Phi) is 10.1. The van der Waals surface area contributed by atoms with Crippen molar-refractivity contribution in [2.75, 3.05) is 28.1 Å². The summed E-state index contributed by atoms with van der Waals surface area (Å²) in [6.07, 6.45) is 2.66. The molecule has 0 unspecified atom stereocenters. The van der Waals surface area contributed by atoms with Crippen LogP contribution in [0.25, 0.3) is 21.9 Å². The van der Waals surface area contributed by atoms with E-state index >= 15 is 4.39 Å². The number of anilines is 4. The number of carbonyl (C=O) groups excluding carboxylic acids is 2. The molecule has 4 aromatic rings. The summed E-state index contributed by atoms with van der Waals surface area (Å²) in [7, 11) is -1.64. The summed E-state index contributed by atoms with van der Waals surface area (Å²) >= 11 is 0. The molecule has 3 aromatic heterocycles. The van der Waals surface area contributed by atoms with Gasteiger partial charge in [-0.05, 0) is 92.3 Å². The normalized spacial score (nSPS) is 14.5. The molecule has 16 heteroatoms. The number of hydrogen-bond acceptors (Lipinski definition) is 12. The molecule has 0 spiro atoms. The summed E-state index contributed by atoms with van der Waals surface area (Å²) < 4.78 is 53.9. The summed E-state index contributed by atoms with van der Waals surface area (Å²) in [5, 5.41) is 9.88. The summed E-state index contributed by atoms with van der Waals surface area (Å²) in [5.74, 6) is -0.0262. The standard InChI is InChI=1S/C36H46FN7O7S/c1-21-25(17-38-19-27(21)44(32(45)49-34(2,3)4)33(46)50-35(5,6)7)24-14-22-15-28(40-29-16-23-12-13-52(47,48)20-43(23)41-29)39-18-26(22)31(30(24)37)42(11)51-36(8,9)10/h14-19H,12-13,20H2,1-11H3,(H,39,40,41). The monoisotopic (exact) mass is 739 g/mol. The highest BCUT2D eigenvalue weighted by Gasteiger charge is 2.35. The topological polar surface area (TPSA) is 158 Å². The van der Waals surface area contributed by atoms with Crippen LogP contribution in [0.5, 0.6) is 0 Å². The van der Waals surface area contributed by atoms with E-state index in [4.69, 9.17) is 14.3 Å². The van der Waals surface area contributed by atoms with Crippen LogP contribution in [0.1, 0.15) is 73.6 Å². The predicted octanol–water partition coefficient (Wildman–Crippen LogP) is 7.46. The maximum atomic E-state index is 17.0. The van der Waals surface area contributed by atoms with Crippen LogP contribution in [0, 0.1) is 12.7 Å². The third kappa shape index (κ3) is 8.78. The smallest absolute Gasteiger partial charge is 0.424 e. The summed E-state index contributed by atoms with van der Waals surface area (Å²) in [5.41, 5.74) is -0.928. The van der Waals surface area contributed by atoms with Crippen molar-refractivity contribution in [3.63, 3.8) is 0 Å². The molecular formula is C36H46FN7O7S. The Balaban J connectivity index is 1.66. The molecule has 0 radical (unpaired) electrons. The number of hydroxylamine groups is 1. The fraction of sp³-hybridized carbons (Fsp3) is 0.472. The van der Waals surface area contributed by atoms with Crippen molar-refractivity contribution in [1.29, 1.82) is 0 Å². The molecule has 0 saturated heterocycles. The van der Waals surface area contributed by atoms with Gasteiger partial charge in [-0.2, -0.15) is 10.00 Å². The lowest BCUT2D eigenvalue weighted by atomic mass is 9.97. The lowest BCUT2D eigenvalue weighted by molar-refractivity contribution is -0.0130. The van der Waals surface area contributed by atoms with E-state index in [1.54, 1.807) is 73.7 Å². The minimum atomic E-state index is -3.24. The lowest BCUT2D eigenvalue weighted by Crippen LogP contribution is -2.44. The van der Waals surface area contributed by atoms with Crippen LogP contribution < -0.4 is 15.3 Å². The number of rotatable bonds is 6. The Morgan fingerprint density at radius 1 is 0.885 bits per heavy atom. The van der Waals surface area contributed by atoms with Gasteiger partial charge >= 0.3 is 12.2 Å². The van der Waals surface area contributed by atoms with Gasteiger partial charge < -0.3 is 14.8 Å². The third-order valence-electron chi connectivity index (χ3n) is 7.64. The number of sulfone groups is 1. The summed E-state index contributed by atoms with van der Waals surface area (Å²) in [6.45, 7) is 17.2. The first-order chi connectivity index (χ1) is 23.9. The molecule has 0 atom stereocenters. The average molecular weight is 740 g/mol. The van der Waals surface area contributed by atoms with E-state index in [0.717, 1.165) is 10.6 Å². The maximum Gasteiger partial charge on any atom is 0.424 e. The van der Waals surface area contributed by atoms with Crippen molar-refractivity contribution in [3.8, 4) is 11.1 Å². The van der Waals surface area contributed by atoms with Crippen LogP contribution in [0.15, 0.2) is 36.8 Å². The highest BCUT2D eigenvalue weighted by molar-refractivity contribution is 7.90. The Bertz CT molecular complexity index is 2120. The van der Waals surface area contributed by atoms with E-state index in [-0.39, 0.29) is 34.1 Å². The van der Waals surface area contributed by atoms with Crippen LogP contribution in [-0.2, 0) is 36.4 Å². The van der Waals surface area contributed by atoms with Crippen LogP contribution in [-0.4, -0.2) is 70.0 Å². The van der Waals surface area contributed by atoms with Gasteiger partial charge in [-0.3, -0.25) is 19.6 Å². The van der Waals surface area contributed by atoms with Gasteiger partial charge in [0.1, 0.15) is 28.6 Å². The molecule has 0 saturated carbocycles. The van der Waals surface area contributed by atoms with Crippen molar-refractivity contribution in [2.45, 2.75) is 98.3 Å². The zero-order chi connectivity index (χ0) is 38.6. The highest BCUT2D eigenvalue weighted by atomic mass is 32.2. The first kappa shape index (κ1) is 38.4. The van der Waals surface area contributed by atoms with Crippen molar-refractivity contribution >= 4 is 55.8 Å². The zero-order valence-corrected chi connectivity index (χ0v) is 32.2. The van der Waals surface area contributed by atoms with Gasteiger partial charge in [-0.1, -0.05) is 0 Å². The molecule has 1 aliphatic heterocycles. The molecule has 280 valence electrons. The Morgan fingerprint density at radius 2 is 1.52 bits per heavy atom. The third-order valence-corrected chi connectivity index (χ3v) is 9.10. The van der Waals surface area contributed by atoms with E-state index in [2.05, 4.69) is 20.4 Å². The summed E-state index contributed by atoms with van der Waals surface area (Å²) in [4.78, 5) is 42.7. The molecule has 4 heterocycles. The first-order valence-electron chi connectivity index (χ1n) is 16.7. The number of fused-ring (bicyclic) bond motifs is 2. The number of aromatic nitrogens is 4. The van der Waals surface area contributed by atoms with Gasteiger partial charge in [0.25, 0.3) is 0 Å². The lowest BCUT2D eigenvalue weighted by Gasteiger charge is -2.30. The number of pyridine rings is 2. The Morgan fingerprint density at radius 3 is 2.12 bits per heavy atom. The van der Waals surface area contributed by atoms with Crippen LogP contribution in [0.4, 0.5) is 37.0 Å². The number of benzene rings is 1. The molecule has 14 nitrogen and oxygen atoms in total. The van der Waals surface area contributed by atoms with Crippen molar-refractivity contribution in [1.82, 2.24) is 19.7 Å². The second-order valence-corrected chi connectivity index (χ2v) is 17.8. The second-order valence-electron chi connectivity index (χ2n) is 15.7.